The number of amides is 2. The molecular formula is C19H22N2O5. The zero-order chi connectivity index (χ0) is 18.8. The van der Waals surface area contributed by atoms with Gasteiger partial charge in [-0.1, -0.05) is 0 Å². The first-order valence-corrected chi connectivity index (χ1v) is 8.58. The van der Waals surface area contributed by atoms with Crippen molar-refractivity contribution in [3.05, 3.63) is 39.7 Å². The molecule has 1 aliphatic rings. The minimum atomic E-state index is -0.511. The largest absolute Gasteiger partial charge is 0.497 e. The van der Waals surface area contributed by atoms with Gasteiger partial charge in [-0.25, -0.2) is 4.79 Å². The molecule has 0 aliphatic carbocycles. The van der Waals surface area contributed by atoms with Crippen molar-refractivity contribution < 1.29 is 18.7 Å². The summed E-state index contributed by atoms with van der Waals surface area (Å²) in [6.07, 6.45) is 1.11. The van der Waals surface area contributed by atoms with E-state index in [0.29, 0.717) is 42.8 Å². The second kappa shape index (κ2) is 7.19. The lowest BCUT2D eigenvalue weighted by Gasteiger charge is -2.30. The van der Waals surface area contributed by atoms with E-state index in [9.17, 15) is 14.4 Å². The van der Waals surface area contributed by atoms with Gasteiger partial charge in [0.25, 0.3) is 0 Å². The van der Waals surface area contributed by atoms with Crippen LogP contribution in [0.25, 0.3) is 11.0 Å². The maximum Gasteiger partial charge on any atom is 0.340 e. The van der Waals surface area contributed by atoms with Gasteiger partial charge < -0.3 is 19.8 Å². The molecule has 0 bridgehead atoms. The van der Waals surface area contributed by atoms with Gasteiger partial charge in [-0.15, -0.1) is 0 Å². The van der Waals surface area contributed by atoms with Crippen molar-refractivity contribution in [1.82, 2.24) is 4.90 Å². The Kier molecular flexibility index (Phi) is 4.97. The lowest BCUT2D eigenvalue weighted by Crippen LogP contribution is -2.42. The smallest absolute Gasteiger partial charge is 0.340 e. The molecule has 3 rings (SSSR count). The number of carbonyl (C=O) groups excluding carboxylic acids is 2. The van der Waals surface area contributed by atoms with Crippen LogP contribution < -0.4 is 16.1 Å². The zero-order valence-corrected chi connectivity index (χ0v) is 14.9. The summed E-state index contributed by atoms with van der Waals surface area (Å²) in [4.78, 5) is 37.9. The van der Waals surface area contributed by atoms with E-state index in [2.05, 4.69) is 0 Å². The Morgan fingerprint density at radius 1 is 1.31 bits per heavy atom. The molecule has 0 saturated carbocycles. The summed E-state index contributed by atoms with van der Waals surface area (Å²) >= 11 is 0. The third-order valence-corrected chi connectivity index (χ3v) is 5.07. The van der Waals surface area contributed by atoms with Gasteiger partial charge in [0.1, 0.15) is 11.3 Å². The maximum atomic E-state index is 12.6. The summed E-state index contributed by atoms with van der Waals surface area (Å²) in [5.41, 5.74) is 6.35. The van der Waals surface area contributed by atoms with Crippen molar-refractivity contribution in [3.8, 4) is 5.75 Å². The van der Waals surface area contributed by atoms with E-state index in [1.54, 1.807) is 24.1 Å². The van der Waals surface area contributed by atoms with Gasteiger partial charge >= 0.3 is 5.63 Å². The molecule has 7 heteroatoms. The number of piperidine rings is 1. The Balaban J connectivity index is 1.81. The lowest BCUT2D eigenvalue weighted by atomic mass is 9.95. The van der Waals surface area contributed by atoms with E-state index < -0.39 is 5.63 Å². The first-order chi connectivity index (χ1) is 12.4. The molecule has 2 N–H and O–H groups in total. The van der Waals surface area contributed by atoms with Crippen molar-refractivity contribution in [2.75, 3.05) is 20.2 Å². The molecule has 26 heavy (non-hydrogen) atoms. The predicted octanol–water partition coefficient (Wildman–Crippen LogP) is 1.38. The number of likely N-dealkylation sites (tertiary alicyclic amines) is 1. The van der Waals surface area contributed by atoms with Crippen LogP contribution in [0.2, 0.25) is 0 Å². The Hall–Kier alpha value is -2.83. The van der Waals surface area contributed by atoms with Crippen LogP contribution in [0, 0.1) is 12.8 Å². The molecule has 0 spiro atoms. The minimum absolute atomic E-state index is 0.0165. The number of aryl methyl sites for hydroxylation is 1. The molecule has 2 aromatic rings. The fraction of sp³-hybridized carbons (Fsp3) is 0.421. The maximum absolute atomic E-state index is 12.6. The highest BCUT2D eigenvalue weighted by atomic mass is 16.5. The van der Waals surface area contributed by atoms with E-state index in [1.165, 1.54) is 0 Å². The minimum Gasteiger partial charge on any atom is -0.497 e. The fourth-order valence-electron chi connectivity index (χ4n) is 3.38. The Labute approximate surface area is 150 Å². The highest BCUT2D eigenvalue weighted by molar-refractivity contribution is 5.85. The number of nitrogens with zero attached hydrogens (tertiary/aromatic N) is 1. The number of primary amides is 1. The SMILES string of the molecule is COc1ccc2c(C)c(CC(=O)N3CCC(C(N)=O)CC3)c(=O)oc2c1. The van der Waals surface area contributed by atoms with Crippen LogP contribution in [0.5, 0.6) is 5.75 Å². The number of hydrogen-bond acceptors (Lipinski definition) is 5. The van der Waals surface area contributed by atoms with Gasteiger partial charge in [0, 0.05) is 30.5 Å². The van der Waals surface area contributed by atoms with Crippen LogP contribution in [0.3, 0.4) is 0 Å². The van der Waals surface area contributed by atoms with Crippen molar-refractivity contribution in [1.29, 1.82) is 0 Å². The van der Waals surface area contributed by atoms with E-state index in [-0.39, 0.29) is 24.2 Å². The quantitative estimate of drug-likeness (QED) is 0.832. The molecule has 1 fully saturated rings. The first kappa shape index (κ1) is 18.0. The second-order valence-electron chi connectivity index (χ2n) is 6.59. The zero-order valence-electron chi connectivity index (χ0n) is 14.9. The van der Waals surface area contributed by atoms with E-state index in [0.717, 1.165) is 10.9 Å². The standard InChI is InChI=1S/C19H22N2O5/c1-11-14-4-3-13(25-2)9-16(14)26-19(24)15(11)10-17(22)21-7-5-12(6-8-21)18(20)23/h3-4,9,12H,5-8,10H2,1-2H3,(H2,20,23). The van der Waals surface area contributed by atoms with Crippen LogP contribution in [0.4, 0.5) is 0 Å². The highest BCUT2D eigenvalue weighted by Gasteiger charge is 2.27. The van der Waals surface area contributed by atoms with Gasteiger partial charge in [-0.2, -0.15) is 0 Å². The molecular weight excluding hydrogens is 336 g/mol. The first-order valence-electron chi connectivity index (χ1n) is 8.58. The van der Waals surface area contributed by atoms with Gasteiger partial charge in [0.05, 0.1) is 19.1 Å². The van der Waals surface area contributed by atoms with Crippen LogP contribution in [-0.2, 0) is 16.0 Å². The third kappa shape index (κ3) is 3.42. The van der Waals surface area contributed by atoms with Gasteiger partial charge in [0.15, 0.2) is 0 Å². The number of benzene rings is 1. The lowest BCUT2D eigenvalue weighted by molar-refractivity contribution is -0.134. The van der Waals surface area contributed by atoms with Crippen molar-refractivity contribution in [2.24, 2.45) is 11.7 Å². The van der Waals surface area contributed by atoms with Crippen LogP contribution in [-0.4, -0.2) is 36.9 Å². The summed E-state index contributed by atoms with van der Waals surface area (Å²) in [6, 6.07) is 5.26. The number of methoxy groups -OCH3 is 1. The highest BCUT2D eigenvalue weighted by Crippen LogP contribution is 2.25. The van der Waals surface area contributed by atoms with Crippen LogP contribution in [0.1, 0.15) is 24.0 Å². The van der Waals surface area contributed by atoms with Crippen molar-refractivity contribution in [3.63, 3.8) is 0 Å². The molecule has 1 aliphatic heterocycles. The molecule has 0 unspecified atom stereocenters. The number of nitrogens with two attached hydrogens (primary N) is 1. The van der Waals surface area contributed by atoms with E-state index >= 15 is 0 Å². The summed E-state index contributed by atoms with van der Waals surface area (Å²) in [5.74, 6) is -0.0440. The number of hydrogen-bond donors (Lipinski definition) is 1. The topological polar surface area (TPSA) is 103 Å². The Morgan fingerprint density at radius 3 is 2.62 bits per heavy atom. The van der Waals surface area contributed by atoms with Crippen LogP contribution in [0.15, 0.2) is 27.4 Å². The normalized spacial score (nSPS) is 15.2. The van der Waals surface area contributed by atoms with Crippen LogP contribution >= 0.6 is 0 Å². The van der Waals surface area contributed by atoms with E-state index in [4.69, 9.17) is 14.9 Å². The summed E-state index contributed by atoms with van der Waals surface area (Å²) in [6.45, 7) is 2.76. The third-order valence-electron chi connectivity index (χ3n) is 5.07. The molecule has 1 saturated heterocycles. The van der Waals surface area contributed by atoms with Gasteiger partial charge in [0.2, 0.25) is 11.8 Å². The molecule has 7 nitrogen and oxygen atoms in total. The average molecular weight is 358 g/mol. The molecule has 0 atom stereocenters. The van der Waals surface area contributed by atoms with E-state index in [1.807, 2.05) is 13.0 Å². The summed E-state index contributed by atoms with van der Waals surface area (Å²) in [7, 11) is 1.54. The number of ether oxygens (including phenoxy) is 1. The van der Waals surface area contributed by atoms with Crippen molar-refractivity contribution in [2.45, 2.75) is 26.2 Å². The van der Waals surface area contributed by atoms with Gasteiger partial charge in [-0.3, -0.25) is 9.59 Å². The number of carbonyl (C=O) groups is 2. The number of fused-ring (bicyclic) bond motifs is 1. The molecule has 138 valence electrons. The molecule has 2 heterocycles. The summed E-state index contributed by atoms with van der Waals surface area (Å²) in [5, 5.41) is 0.778. The monoisotopic (exact) mass is 358 g/mol. The molecule has 1 aromatic heterocycles. The predicted molar refractivity (Wildman–Crippen MR) is 96.0 cm³/mol. The van der Waals surface area contributed by atoms with Gasteiger partial charge in [-0.05, 0) is 37.5 Å². The Bertz CT molecular complexity index is 910. The summed E-state index contributed by atoms with van der Waals surface area (Å²) < 4.78 is 10.5. The molecule has 1 aromatic carbocycles. The number of rotatable bonds is 4. The molecule has 2 amide bonds. The fourth-order valence-corrected chi connectivity index (χ4v) is 3.38. The second-order valence-corrected chi connectivity index (χ2v) is 6.59. The molecule has 0 radical (unpaired) electrons. The Morgan fingerprint density at radius 2 is 2.00 bits per heavy atom. The average Bonchev–Trinajstić information content (AvgIpc) is 2.64. The van der Waals surface area contributed by atoms with Crippen molar-refractivity contribution >= 4 is 22.8 Å².